The van der Waals surface area contributed by atoms with E-state index < -0.39 is 10.0 Å². The molecule has 20 heavy (non-hydrogen) atoms. The molecule has 3 rings (SSSR count). The SMILES string of the molecule is Cc1ccc2c(c1)C1CS(=O)(=O)N(CC(C)C)CN1C2. The molecule has 0 saturated carbocycles. The Balaban J connectivity index is 1.91. The zero-order valence-corrected chi connectivity index (χ0v) is 13.2. The summed E-state index contributed by atoms with van der Waals surface area (Å²) in [5.41, 5.74) is 3.69. The van der Waals surface area contributed by atoms with Crippen LogP contribution >= 0.6 is 0 Å². The van der Waals surface area contributed by atoms with Crippen LogP contribution in [0.4, 0.5) is 0 Å². The first-order valence-corrected chi connectivity index (χ1v) is 8.79. The van der Waals surface area contributed by atoms with Crippen molar-refractivity contribution in [3.8, 4) is 0 Å². The normalized spacial score (nSPS) is 25.7. The third-order valence-corrected chi connectivity index (χ3v) is 5.93. The molecule has 0 aromatic heterocycles. The van der Waals surface area contributed by atoms with Crippen molar-refractivity contribution in [1.82, 2.24) is 9.21 Å². The second-order valence-electron chi connectivity index (χ2n) is 6.41. The topological polar surface area (TPSA) is 40.6 Å². The van der Waals surface area contributed by atoms with Crippen molar-refractivity contribution >= 4 is 10.0 Å². The number of sulfonamides is 1. The summed E-state index contributed by atoms with van der Waals surface area (Å²) in [6.45, 7) is 8.18. The van der Waals surface area contributed by atoms with Crippen LogP contribution in [-0.4, -0.2) is 36.6 Å². The molecular formula is C15H22N2O2S. The third kappa shape index (κ3) is 2.38. The summed E-state index contributed by atoms with van der Waals surface area (Å²) >= 11 is 0. The fourth-order valence-corrected chi connectivity index (χ4v) is 5.06. The van der Waals surface area contributed by atoms with Gasteiger partial charge in [-0.2, -0.15) is 4.31 Å². The van der Waals surface area contributed by atoms with Crippen LogP contribution in [0.2, 0.25) is 0 Å². The Morgan fingerprint density at radius 2 is 2.10 bits per heavy atom. The quantitative estimate of drug-likeness (QED) is 0.839. The summed E-state index contributed by atoms with van der Waals surface area (Å²) in [5.74, 6) is 0.574. The summed E-state index contributed by atoms with van der Waals surface area (Å²) < 4.78 is 26.6. The van der Waals surface area contributed by atoms with Crippen LogP contribution in [0.15, 0.2) is 18.2 Å². The van der Waals surface area contributed by atoms with E-state index in [4.69, 9.17) is 0 Å². The van der Waals surface area contributed by atoms with Gasteiger partial charge in [-0.3, -0.25) is 4.90 Å². The van der Waals surface area contributed by atoms with E-state index >= 15 is 0 Å². The average Bonchev–Trinajstić information content (AvgIpc) is 2.66. The Hall–Kier alpha value is -0.910. The van der Waals surface area contributed by atoms with E-state index in [-0.39, 0.29) is 11.8 Å². The van der Waals surface area contributed by atoms with Crippen LogP contribution in [-0.2, 0) is 16.6 Å². The van der Waals surface area contributed by atoms with Crippen LogP contribution in [0.3, 0.4) is 0 Å². The van der Waals surface area contributed by atoms with Crippen LogP contribution in [0.5, 0.6) is 0 Å². The van der Waals surface area contributed by atoms with Crippen molar-refractivity contribution in [1.29, 1.82) is 0 Å². The molecule has 0 N–H and O–H groups in total. The molecule has 2 heterocycles. The minimum Gasteiger partial charge on any atom is -0.277 e. The first-order chi connectivity index (χ1) is 9.37. The highest BCUT2D eigenvalue weighted by Crippen LogP contribution is 2.38. The molecule has 1 saturated heterocycles. The molecule has 0 spiro atoms. The Kier molecular flexibility index (Phi) is 3.39. The van der Waals surface area contributed by atoms with Gasteiger partial charge in [-0.25, -0.2) is 8.42 Å². The fourth-order valence-electron chi connectivity index (χ4n) is 3.21. The lowest BCUT2D eigenvalue weighted by Gasteiger charge is -2.38. The number of rotatable bonds is 2. The van der Waals surface area contributed by atoms with Gasteiger partial charge < -0.3 is 0 Å². The maximum Gasteiger partial charge on any atom is 0.217 e. The molecule has 1 atom stereocenters. The molecule has 2 aliphatic rings. The van der Waals surface area contributed by atoms with E-state index in [1.165, 1.54) is 16.7 Å². The molecular weight excluding hydrogens is 272 g/mol. The van der Waals surface area contributed by atoms with Crippen LogP contribution in [0.25, 0.3) is 0 Å². The third-order valence-electron chi connectivity index (χ3n) is 4.14. The molecule has 2 aliphatic heterocycles. The van der Waals surface area contributed by atoms with Gasteiger partial charge in [-0.15, -0.1) is 0 Å². The maximum atomic E-state index is 12.5. The van der Waals surface area contributed by atoms with Gasteiger partial charge in [0.15, 0.2) is 0 Å². The lowest BCUT2D eigenvalue weighted by Crippen LogP contribution is -2.50. The number of hydrogen-bond donors (Lipinski definition) is 0. The minimum absolute atomic E-state index is 0.0401. The van der Waals surface area contributed by atoms with Crippen molar-refractivity contribution in [2.45, 2.75) is 33.4 Å². The van der Waals surface area contributed by atoms with Gasteiger partial charge in [-0.05, 0) is 24.0 Å². The first kappa shape index (κ1) is 14.0. The highest BCUT2D eigenvalue weighted by atomic mass is 32.2. The molecule has 1 aromatic rings. The predicted molar refractivity (Wildman–Crippen MR) is 79.7 cm³/mol. The summed E-state index contributed by atoms with van der Waals surface area (Å²) in [4.78, 5) is 2.29. The highest BCUT2D eigenvalue weighted by Gasteiger charge is 2.42. The standard InChI is InChI=1S/C15H22N2O2S/c1-11(2)7-17-10-16-8-13-5-4-12(3)6-14(13)15(16)9-20(17,18)19/h4-6,11,15H,7-10H2,1-3H3. The number of benzene rings is 1. The fraction of sp³-hybridized carbons (Fsp3) is 0.600. The summed E-state index contributed by atoms with van der Waals surface area (Å²) in [6.07, 6.45) is 0. The smallest absolute Gasteiger partial charge is 0.217 e. The van der Waals surface area contributed by atoms with E-state index in [2.05, 4.69) is 43.9 Å². The Bertz CT molecular complexity index is 625. The zero-order chi connectivity index (χ0) is 14.5. The molecule has 110 valence electrons. The van der Waals surface area contributed by atoms with Gasteiger partial charge in [-0.1, -0.05) is 37.6 Å². The van der Waals surface area contributed by atoms with Crippen molar-refractivity contribution < 1.29 is 8.42 Å². The molecule has 1 unspecified atom stereocenters. The summed E-state index contributed by atoms with van der Waals surface area (Å²) in [6, 6.07) is 6.44. The monoisotopic (exact) mass is 294 g/mol. The molecule has 4 nitrogen and oxygen atoms in total. The number of fused-ring (bicyclic) bond motifs is 3. The predicted octanol–water partition coefficient (Wildman–Crippen LogP) is 2.11. The molecule has 0 aliphatic carbocycles. The van der Waals surface area contributed by atoms with Crippen molar-refractivity contribution in [2.75, 3.05) is 19.0 Å². The molecule has 0 bridgehead atoms. The van der Waals surface area contributed by atoms with E-state index in [1.54, 1.807) is 4.31 Å². The molecule has 0 amide bonds. The number of hydrogen-bond acceptors (Lipinski definition) is 3. The Morgan fingerprint density at radius 1 is 1.35 bits per heavy atom. The van der Waals surface area contributed by atoms with Gasteiger partial charge in [0.1, 0.15) is 0 Å². The van der Waals surface area contributed by atoms with Crippen LogP contribution < -0.4 is 0 Å². The van der Waals surface area contributed by atoms with Gasteiger partial charge in [0.25, 0.3) is 0 Å². The second-order valence-corrected chi connectivity index (χ2v) is 8.43. The van der Waals surface area contributed by atoms with Gasteiger partial charge in [0, 0.05) is 13.1 Å². The van der Waals surface area contributed by atoms with E-state index in [0.29, 0.717) is 19.1 Å². The van der Waals surface area contributed by atoms with Crippen LogP contribution in [0, 0.1) is 12.8 Å². The van der Waals surface area contributed by atoms with Gasteiger partial charge >= 0.3 is 0 Å². The van der Waals surface area contributed by atoms with Gasteiger partial charge in [0.05, 0.1) is 18.5 Å². The van der Waals surface area contributed by atoms with Crippen molar-refractivity contribution in [3.05, 3.63) is 34.9 Å². The highest BCUT2D eigenvalue weighted by molar-refractivity contribution is 7.89. The number of aryl methyl sites for hydroxylation is 1. The molecule has 1 fully saturated rings. The van der Waals surface area contributed by atoms with E-state index in [1.807, 2.05) is 0 Å². The largest absolute Gasteiger partial charge is 0.277 e. The lowest BCUT2D eigenvalue weighted by atomic mass is 10.0. The second kappa shape index (κ2) is 4.83. The van der Waals surface area contributed by atoms with Gasteiger partial charge in [0.2, 0.25) is 10.0 Å². The lowest BCUT2D eigenvalue weighted by molar-refractivity contribution is 0.134. The van der Waals surface area contributed by atoms with E-state index in [0.717, 1.165) is 6.54 Å². The molecule has 1 aromatic carbocycles. The average molecular weight is 294 g/mol. The summed E-state index contributed by atoms with van der Waals surface area (Å²) in [5, 5.41) is 0. The molecule has 5 heteroatoms. The number of nitrogens with zero attached hydrogens (tertiary/aromatic N) is 2. The molecule has 0 radical (unpaired) electrons. The zero-order valence-electron chi connectivity index (χ0n) is 12.3. The summed E-state index contributed by atoms with van der Waals surface area (Å²) in [7, 11) is -3.14. The van der Waals surface area contributed by atoms with E-state index in [9.17, 15) is 8.42 Å². The first-order valence-electron chi connectivity index (χ1n) is 7.18. The maximum absolute atomic E-state index is 12.5. The minimum atomic E-state index is -3.14. The Labute approximate surface area is 121 Å². The van der Waals surface area contributed by atoms with Crippen molar-refractivity contribution in [2.24, 2.45) is 5.92 Å². The van der Waals surface area contributed by atoms with Crippen LogP contribution in [0.1, 0.15) is 36.6 Å². The van der Waals surface area contributed by atoms with Crippen molar-refractivity contribution in [3.63, 3.8) is 0 Å². The Morgan fingerprint density at radius 3 is 2.80 bits per heavy atom.